The van der Waals surface area contributed by atoms with E-state index in [0.29, 0.717) is 40.9 Å². The number of amides is 2. The average Bonchev–Trinajstić information content (AvgIpc) is 3.51. The van der Waals surface area contributed by atoms with Crippen molar-refractivity contribution in [1.29, 1.82) is 0 Å². The van der Waals surface area contributed by atoms with Crippen LogP contribution in [-0.2, 0) is 14.3 Å². The Labute approximate surface area is 197 Å². The van der Waals surface area contributed by atoms with Crippen LogP contribution in [-0.4, -0.2) is 58.5 Å². The first-order valence-corrected chi connectivity index (χ1v) is 10.9. The Morgan fingerprint density at radius 1 is 1.03 bits per heavy atom. The zero-order chi connectivity index (χ0) is 24.0. The van der Waals surface area contributed by atoms with Crippen molar-refractivity contribution in [2.45, 2.75) is 11.7 Å². The van der Waals surface area contributed by atoms with Crippen LogP contribution in [0.2, 0.25) is 0 Å². The molecule has 3 heterocycles. The standard InChI is InChI=1S/C25H26N2O7/c1-30-16-8-6-5-7-15(16)27-13-25-10-9-17(34-25)20(21(25)24(27)29)23(28)26-14-11-18(31-2)22(33-4)19(12-14)32-3/h5-12,17,20-21H,13H2,1-4H3,(H,26,28)/t17-,20?,21?,25+/m1/s1. The molecule has 2 unspecified atom stereocenters. The molecule has 2 bridgehead atoms. The van der Waals surface area contributed by atoms with Crippen molar-refractivity contribution >= 4 is 23.2 Å². The van der Waals surface area contributed by atoms with Crippen molar-refractivity contribution in [3.63, 3.8) is 0 Å². The Morgan fingerprint density at radius 3 is 2.35 bits per heavy atom. The lowest BCUT2D eigenvalue weighted by Gasteiger charge is -2.24. The van der Waals surface area contributed by atoms with Crippen molar-refractivity contribution < 1.29 is 33.3 Å². The van der Waals surface area contributed by atoms with E-state index in [1.165, 1.54) is 21.3 Å². The third kappa shape index (κ3) is 3.19. The van der Waals surface area contributed by atoms with Gasteiger partial charge in [-0.3, -0.25) is 9.59 Å². The summed E-state index contributed by atoms with van der Waals surface area (Å²) >= 11 is 0. The molecular weight excluding hydrogens is 440 g/mol. The number of para-hydroxylation sites is 2. The van der Waals surface area contributed by atoms with Crippen molar-refractivity contribution in [2.75, 3.05) is 45.2 Å². The Balaban J connectivity index is 1.44. The van der Waals surface area contributed by atoms with E-state index in [1.807, 2.05) is 30.4 Å². The number of fused-ring (bicyclic) bond motifs is 1. The predicted octanol–water partition coefficient (Wildman–Crippen LogP) is 2.65. The molecule has 2 aromatic carbocycles. The van der Waals surface area contributed by atoms with Crippen LogP contribution in [0.3, 0.4) is 0 Å². The molecule has 4 atom stereocenters. The number of methoxy groups -OCH3 is 4. The average molecular weight is 466 g/mol. The van der Waals surface area contributed by atoms with Gasteiger partial charge in [0.25, 0.3) is 0 Å². The van der Waals surface area contributed by atoms with Crippen LogP contribution >= 0.6 is 0 Å². The van der Waals surface area contributed by atoms with E-state index in [1.54, 1.807) is 30.2 Å². The number of benzene rings is 2. The van der Waals surface area contributed by atoms with Gasteiger partial charge < -0.3 is 33.9 Å². The Morgan fingerprint density at radius 2 is 1.71 bits per heavy atom. The number of nitrogens with one attached hydrogen (secondary N) is 1. The first-order valence-electron chi connectivity index (χ1n) is 10.9. The molecule has 2 fully saturated rings. The number of ether oxygens (including phenoxy) is 5. The highest BCUT2D eigenvalue weighted by atomic mass is 16.5. The highest BCUT2D eigenvalue weighted by Crippen LogP contribution is 2.53. The van der Waals surface area contributed by atoms with Gasteiger partial charge in [0.15, 0.2) is 11.5 Å². The molecular formula is C25H26N2O7. The smallest absolute Gasteiger partial charge is 0.234 e. The van der Waals surface area contributed by atoms with E-state index < -0.39 is 23.5 Å². The summed E-state index contributed by atoms with van der Waals surface area (Å²) in [6.45, 7) is 0.317. The first-order chi connectivity index (χ1) is 16.5. The van der Waals surface area contributed by atoms with Gasteiger partial charge in [0.1, 0.15) is 11.4 Å². The van der Waals surface area contributed by atoms with Crippen molar-refractivity contribution in [3.05, 3.63) is 48.6 Å². The minimum absolute atomic E-state index is 0.165. The maximum absolute atomic E-state index is 13.6. The van der Waals surface area contributed by atoms with Gasteiger partial charge in [-0.2, -0.15) is 0 Å². The van der Waals surface area contributed by atoms with E-state index in [-0.39, 0.29) is 11.8 Å². The van der Waals surface area contributed by atoms with Crippen LogP contribution in [0.1, 0.15) is 0 Å². The Bertz CT molecular complexity index is 1150. The molecule has 9 nitrogen and oxygen atoms in total. The zero-order valence-electron chi connectivity index (χ0n) is 19.4. The summed E-state index contributed by atoms with van der Waals surface area (Å²) < 4.78 is 27.8. The summed E-state index contributed by atoms with van der Waals surface area (Å²) in [5.74, 6) is 0.0302. The van der Waals surface area contributed by atoms with Crippen molar-refractivity contribution in [1.82, 2.24) is 0 Å². The highest BCUT2D eigenvalue weighted by Gasteiger charge is 2.67. The number of hydrogen-bond donors (Lipinski definition) is 1. The number of hydrogen-bond acceptors (Lipinski definition) is 7. The van der Waals surface area contributed by atoms with Gasteiger partial charge in [0.05, 0.1) is 58.6 Å². The minimum atomic E-state index is -0.847. The molecule has 9 heteroatoms. The number of rotatable bonds is 7. The van der Waals surface area contributed by atoms with Crippen LogP contribution < -0.4 is 29.2 Å². The summed E-state index contributed by atoms with van der Waals surface area (Å²) in [5.41, 5.74) is 0.273. The third-order valence-corrected chi connectivity index (χ3v) is 6.71. The maximum Gasteiger partial charge on any atom is 0.234 e. The minimum Gasteiger partial charge on any atom is -0.495 e. The van der Waals surface area contributed by atoms with E-state index in [0.717, 1.165) is 0 Å². The quantitative estimate of drug-likeness (QED) is 0.627. The van der Waals surface area contributed by atoms with E-state index >= 15 is 0 Å². The molecule has 3 aliphatic rings. The molecule has 0 radical (unpaired) electrons. The summed E-state index contributed by atoms with van der Waals surface area (Å²) in [7, 11) is 6.08. The monoisotopic (exact) mass is 466 g/mol. The van der Waals surface area contributed by atoms with Gasteiger partial charge in [-0.15, -0.1) is 0 Å². The lowest BCUT2D eigenvalue weighted by molar-refractivity contribution is -0.128. The number of carbonyl (C=O) groups is 2. The first kappa shape index (κ1) is 22.1. The molecule has 178 valence electrons. The summed E-state index contributed by atoms with van der Waals surface area (Å²) in [6, 6.07) is 10.6. The topological polar surface area (TPSA) is 95.6 Å². The zero-order valence-corrected chi connectivity index (χ0v) is 19.4. The normalized spacial score (nSPS) is 26.4. The van der Waals surface area contributed by atoms with Gasteiger partial charge in [-0.25, -0.2) is 0 Å². The van der Waals surface area contributed by atoms with Gasteiger partial charge in [0, 0.05) is 17.8 Å². The number of anilines is 2. The Hall–Kier alpha value is -3.72. The van der Waals surface area contributed by atoms with Crippen LogP contribution in [0.5, 0.6) is 23.0 Å². The predicted molar refractivity (Wildman–Crippen MR) is 124 cm³/mol. The summed E-state index contributed by atoms with van der Waals surface area (Å²) in [4.78, 5) is 28.7. The van der Waals surface area contributed by atoms with Crippen LogP contribution in [0.15, 0.2) is 48.6 Å². The Kier molecular flexibility index (Phi) is 5.36. The molecule has 0 aromatic heterocycles. The molecule has 3 aliphatic heterocycles. The van der Waals surface area contributed by atoms with Crippen molar-refractivity contribution in [2.24, 2.45) is 11.8 Å². The molecule has 5 rings (SSSR count). The van der Waals surface area contributed by atoms with Crippen LogP contribution in [0, 0.1) is 11.8 Å². The lowest BCUT2D eigenvalue weighted by Crippen LogP contribution is -2.41. The van der Waals surface area contributed by atoms with E-state index in [9.17, 15) is 9.59 Å². The van der Waals surface area contributed by atoms with Gasteiger partial charge in [-0.1, -0.05) is 24.3 Å². The maximum atomic E-state index is 13.6. The fourth-order valence-electron chi connectivity index (χ4n) is 5.23. The summed E-state index contributed by atoms with van der Waals surface area (Å²) in [6.07, 6.45) is 3.31. The van der Waals surface area contributed by atoms with Gasteiger partial charge in [0.2, 0.25) is 17.6 Å². The second-order valence-electron chi connectivity index (χ2n) is 8.40. The molecule has 2 amide bonds. The number of carbonyl (C=O) groups excluding carboxylic acids is 2. The fraction of sp³-hybridized carbons (Fsp3) is 0.360. The van der Waals surface area contributed by atoms with Gasteiger partial charge in [-0.05, 0) is 12.1 Å². The van der Waals surface area contributed by atoms with E-state index in [2.05, 4.69) is 5.32 Å². The molecule has 0 saturated carbocycles. The third-order valence-electron chi connectivity index (χ3n) is 6.71. The fourth-order valence-corrected chi connectivity index (χ4v) is 5.23. The molecule has 34 heavy (non-hydrogen) atoms. The number of nitrogens with zero attached hydrogens (tertiary/aromatic N) is 1. The molecule has 0 aliphatic carbocycles. The highest BCUT2D eigenvalue weighted by molar-refractivity contribution is 6.06. The van der Waals surface area contributed by atoms with Crippen LogP contribution in [0.25, 0.3) is 0 Å². The van der Waals surface area contributed by atoms with E-state index in [4.69, 9.17) is 23.7 Å². The second kappa shape index (κ2) is 8.25. The lowest BCUT2D eigenvalue weighted by atomic mass is 9.76. The summed E-state index contributed by atoms with van der Waals surface area (Å²) in [5, 5.41) is 2.91. The largest absolute Gasteiger partial charge is 0.495 e. The second-order valence-corrected chi connectivity index (χ2v) is 8.40. The molecule has 1 spiro atoms. The van der Waals surface area contributed by atoms with Crippen molar-refractivity contribution in [3.8, 4) is 23.0 Å². The SMILES string of the molecule is COc1ccccc1N1C[C@]23C=C[C@@H](O2)C(C(=O)Nc2cc(OC)c(OC)c(OC)c2)C3C1=O. The van der Waals surface area contributed by atoms with Gasteiger partial charge >= 0.3 is 0 Å². The molecule has 2 aromatic rings. The molecule has 1 N–H and O–H groups in total. The van der Waals surface area contributed by atoms with Crippen LogP contribution in [0.4, 0.5) is 11.4 Å². The molecule has 2 saturated heterocycles.